The highest BCUT2D eigenvalue weighted by Crippen LogP contribution is 2.37. The van der Waals surface area contributed by atoms with Crippen molar-refractivity contribution in [1.82, 2.24) is 4.72 Å². The molecule has 5 heteroatoms. The second-order valence-electron chi connectivity index (χ2n) is 5.05. The van der Waals surface area contributed by atoms with Crippen LogP contribution >= 0.6 is 0 Å². The van der Waals surface area contributed by atoms with Gasteiger partial charge in [-0.05, 0) is 37.3 Å². The van der Waals surface area contributed by atoms with Crippen molar-refractivity contribution >= 4 is 15.9 Å². The van der Waals surface area contributed by atoms with Gasteiger partial charge in [-0.1, -0.05) is 24.3 Å². The number of carbonyl (C=O) groups is 1. The normalized spacial score (nSPS) is 23.2. The van der Waals surface area contributed by atoms with Gasteiger partial charge in [-0.15, -0.1) is 0 Å². The minimum Gasteiger partial charge on any atom is -0.273 e. The number of nitrogens with one attached hydrogen (secondary N) is 1. The summed E-state index contributed by atoms with van der Waals surface area (Å²) in [5.41, 5.74) is 1.32. The number of amides is 1. The van der Waals surface area contributed by atoms with E-state index in [2.05, 4.69) is 4.72 Å². The van der Waals surface area contributed by atoms with Gasteiger partial charge >= 0.3 is 0 Å². The first-order chi connectivity index (χ1) is 8.33. The fraction of sp³-hybridized carbons (Fsp3) is 0.462. The molecular weight excluding hydrogens is 250 g/mol. The molecule has 0 saturated carbocycles. The Kier molecular flexibility index (Phi) is 3.19. The van der Waals surface area contributed by atoms with Crippen molar-refractivity contribution in [3.63, 3.8) is 0 Å². The van der Waals surface area contributed by atoms with Crippen molar-refractivity contribution in [2.75, 3.05) is 6.26 Å². The lowest BCUT2D eigenvalue weighted by molar-refractivity contribution is -0.124. The zero-order chi connectivity index (χ0) is 13.4. The molecule has 0 spiro atoms. The SMILES string of the molecule is CC1(C(=O)NS(C)(=O)=O)CCCc2ccccc21. The molecule has 1 atom stereocenters. The van der Waals surface area contributed by atoms with Crippen molar-refractivity contribution in [3.05, 3.63) is 35.4 Å². The minimum atomic E-state index is -3.51. The topological polar surface area (TPSA) is 63.2 Å². The first-order valence-electron chi connectivity index (χ1n) is 5.93. The van der Waals surface area contributed by atoms with E-state index in [1.165, 1.54) is 0 Å². The van der Waals surface area contributed by atoms with Gasteiger partial charge in [0.05, 0.1) is 11.7 Å². The van der Waals surface area contributed by atoms with Crippen LogP contribution in [0.1, 0.15) is 30.9 Å². The standard InChI is InChI=1S/C13H17NO3S/c1-13(12(15)14-18(2,16)17)9-5-7-10-6-3-4-8-11(10)13/h3-4,6,8H,5,7,9H2,1-2H3,(H,14,15). The van der Waals surface area contributed by atoms with Crippen LogP contribution in [0, 0.1) is 0 Å². The summed E-state index contributed by atoms with van der Waals surface area (Å²) >= 11 is 0. The smallest absolute Gasteiger partial charge is 0.243 e. The summed E-state index contributed by atoms with van der Waals surface area (Å²) in [7, 11) is -3.51. The third-order valence-corrected chi connectivity index (χ3v) is 4.07. The number of fused-ring (bicyclic) bond motifs is 1. The number of sulfonamides is 1. The van der Waals surface area contributed by atoms with Crippen LogP contribution < -0.4 is 4.72 Å². The number of hydrogen-bond acceptors (Lipinski definition) is 3. The number of rotatable bonds is 2. The van der Waals surface area contributed by atoms with E-state index in [0.717, 1.165) is 30.2 Å². The monoisotopic (exact) mass is 267 g/mol. The largest absolute Gasteiger partial charge is 0.273 e. The summed E-state index contributed by atoms with van der Waals surface area (Å²) in [5, 5.41) is 0. The molecule has 0 saturated heterocycles. The van der Waals surface area contributed by atoms with E-state index < -0.39 is 21.3 Å². The van der Waals surface area contributed by atoms with Crippen LogP contribution in [0.5, 0.6) is 0 Å². The van der Waals surface area contributed by atoms with Gasteiger partial charge in [-0.3, -0.25) is 9.52 Å². The van der Waals surface area contributed by atoms with Gasteiger partial charge in [0.2, 0.25) is 15.9 Å². The van der Waals surface area contributed by atoms with Crippen molar-refractivity contribution in [2.24, 2.45) is 0 Å². The highest BCUT2D eigenvalue weighted by molar-refractivity contribution is 7.89. The summed E-state index contributed by atoms with van der Waals surface area (Å²) in [6, 6.07) is 7.74. The first-order valence-corrected chi connectivity index (χ1v) is 7.83. The second kappa shape index (κ2) is 4.39. The minimum absolute atomic E-state index is 0.433. The lowest BCUT2D eigenvalue weighted by atomic mass is 9.71. The maximum Gasteiger partial charge on any atom is 0.243 e. The summed E-state index contributed by atoms with van der Waals surface area (Å²) in [6.45, 7) is 1.81. The van der Waals surface area contributed by atoms with Crippen molar-refractivity contribution in [1.29, 1.82) is 0 Å². The second-order valence-corrected chi connectivity index (χ2v) is 6.79. The molecule has 4 nitrogen and oxygen atoms in total. The molecule has 1 N–H and O–H groups in total. The van der Waals surface area contributed by atoms with Gasteiger partial charge in [0, 0.05) is 0 Å². The third-order valence-electron chi connectivity index (χ3n) is 3.51. The summed E-state index contributed by atoms with van der Waals surface area (Å²) in [6.07, 6.45) is 3.51. The molecule has 1 aliphatic rings. The van der Waals surface area contributed by atoms with Crippen molar-refractivity contribution < 1.29 is 13.2 Å². The number of hydrogen-bond donors (Lipinski definition) is 1. The van der Waals surface area contributed by atoms with Crippen LogP contribution in [-0.2, 0) is 26.7 Å². The molecule has 0 aromatic heterocycles. The lowest BCUT2D eigenvalue weighted by Gasteiger charge is -2.34. The molecule has 0 bridgehead atoms. The fourth-order valence-electron chi connectivity index (χ4n) is 2.56. The van der Waals surface area contributed by atoms with Crippen LogP contribution in [0.15, 0.2) is 24.3 Å². The molecule has 1 aromatic carbocycles. The van der Waals surface area contributed by atoms with E-state index >= 15 is 0 Å². The molecule has 0 radical (unpaired) electrons. The zero-order valence-electron chi connectivity index (χ0n) is 10.6. The Morgan fingerprint density at radius 2 is 2.00 bits per heavy atom. The molecule has 0 heterocycles. The van der Waals surface area contributed by atoms with Crippen molar-refractivity contribution in [3.8, 4) is 0 Å². The molecule has 0 aliphatic heterocycles. The Balaban J connectivity index is 2.41. The van der Waals surface area contributed by atoms with Crippen LogP contribution in [0.3, 0.4) is 0 Å². The molecule has 98 valence electrons. The van der Waals surface area contributed by atoms with Gasteiger partial charge in [0.15, 0.2) is 0 Å². The molecule has 1 aliphatic carbocycles. The van der Waals surface area contributed by atoms with Gasteiger partial charge in [0.1, 0.15) is 0 Å². The fourth-order valence-corrected chi connectivity index (χ4v) is 3.12. The predicted octanol–water partition coefficient (Wildman–Crippen LogP) is 1.36. The molecule has 18 heavy (non-hydrogen) atoms. The zero-order valence-corrected chi connectivity index (χ0v) is 11.4. The molecule has 1 amide bonds. The molecule has 1 aromatic rings. The maximum atomic E-state index is 12.2. The molecule has 2 rings (SSSR count). The first kappa shape index (κ1) is 13.1. The van der Waals surface area contributed by atoms with E-state index in [-0.39, 0.29) is 0 Å². The Morgan fingerprint density at radius 1 is 1.33 bits per heavy atom. The van der Waals surface area contributed by atoms with Gasteiger partial charge < -0.3 is 0 Å². The van der Waals surface area contributed by atoms with Crippen LogP contribution in [0.25, 0.3) is 0 Å². The van der Waals surface area contributed by atoms with Gasteiger partial charge in [-0.2, -0.15) is 0 Å². The summed E-state index contributed by atoms with van der Waals surface area (Å²) in [5.74, 6) is -0.433. The molecular formula is C13H17NO3S. The highest BCUT2D eigenvalue weighted by atomic mass is 32.2. The number of carbonyl (C=O) groups excluding carboxylic acids is 1. The van der Waals surface area contributed by atoms with Crippen molar-refractivity contribution in [2.45, 2.75) is 31.6 Å². The lowest BCUT2D eigenvalue weighted by Crippen LogP contribution is -2.46. The summed E-state index contributed by atoms with van der Waals surface area (Å²) < 4.78 is 24.5. The van der Waals surface area contributed by atoms with E-state index in [9.17, 15) is 13.2 Å². The molecule has 0 fully saturated rings. The quantitative estimate of drug-likeness (QED) is 0.880. The Bertz CT molecular complexity index is 580. The average Bonchev–Trinajstić information content (AvgIpc) is 2.27. The number of benzene rings is 1. The number of aryl methyl sites for hydroxylation is 1. The Hall–Kier alpha value is -1.36. The van der Waals surface area contributed by atoms with Crippen LogP contribution in [0.2, 0.25) is 0 Å². The average molecular weight is 267 g/mol. The van der Waals surface area contributed by atoms with E-state index in [0.29, 0.717) is 6.42 Å². The maximum absolute atomic E-state index is 12.2. The Morgan fingerprint density at radius 3 is 2.67 bits per heavy atom. The Labute approximate surface area is 107 Å². The van der Waals surface area contributed by atoms with Crippen LogP contribution in [0.4, 0.5) is 0 Å². The molecule has 1 unspecified atom stereocenters. The highest BCUT2D eigenvalue weighted by Gasteiger charge is 2.39. The predicted molar refractivity (Wildman–Crippen MR) is 69.7 cm³/mol. The third kappa shape index (κ3) is 2.41. The van der Waals surface area contributed by atoms with E-state index in [4.69, 9.17) is 0 Å². The summed E-state index contributed by atoms with van der Waals surface area (Å²) in [4.78, 5) is 12.2. The van der Waals surface area contributed by atoms with Crippen LogP contribution in [-0.4, -0.2) is 20.6 Å². The van der Waals surface area contributed by atoms with E-state index in [1.807, 2.05) is 31.2 Å². The van der Waals surface area contributed by atoms with Gasteiger partial charge in [-0.25, -0.2) is 8.42 Å². The van der Waals surface area contributed by atoms with E-state index in [1.54, 1.807) is 0 Å². The van der Waals surface area contributed by atoms with Gasteiger partial charge in [0.25, 0.3) is 0 Å².